The van der Waals surface area contributed by atoms with Crippen molar-refractivity contribution in [2.45, 2.75) is 23.6 Å². The van der Waals surface area contributed by atoms with Crippen LogP contribution in [0.3, 0.4) is 0 Å². The van der Waals surface area contributed by atoms with Crippen LogP contribution in [0, 0.1) is 0 Å². The predicted octanol–water partition coefficient (Wildman–Crippen LogP) is 3.58. The van der Waals surface area contributed by atoms with Gasteiger partial charge < -0.3 is 9.32 Å². The molecule has 4 rings (SSSR count). The van der Waals surface area contributed by atoms with Gasteiger partial charge in [0, 0.05) is 53.0 Å². The molecule has 0 bridgehead atoms. The van der Waals surface area contributed by atoms with Crippen LogP contribution < -0.4 is 14.8 Å². The van der Waals surface area contributed by atoms with Crippen molar-refractivity contribution in [1.82, 2.24) is 4.58 Å². The summed E-state index contributed by atoms with van der Waals surface area (Å²) >= 11 is 0. The molecule has 0 atom stereocenters. The van der Waals surface area contributed by atoms with Crippen LogP contribution >= 0.6 is 0 Å². The van der Waals surface area contributed by atoms with Crippen LogP contribution in [0.15, 0.2) is 68.8 Å². The van der Waals surface area contributed by atoms with Crippen LogP contribution in [-0.4, -0.2) is 53.1 Å². The molecule has 0 radical (unpaired) electrons. The molecular weight excluding hydrogens is 504 g/mol. The van der Waals surface area contributed by atoms with Gasteiger partial charge in [0.1, 0.15) is 30.3 Å². The largest absolute Gasteiger partial charge is 0.456 e. The van der Waals surface area contributed by atoms with E-state index in [0.29, 0.717) is 27.9 Å². The molecule has 1 heterocycles. The molecule has 190 valence electrons. The van der Waals surface area contributed by atoms with Crippen molar-refractivity contribution < 1.29 is 30.4 Å². The number of hydrogen-bond acceptors (Lipinski definition) is 6. The zero-order valence-corrected chi connectivity index (χ0v) is 21.9. The number of hydrogen-bond donors (Lipinski definition) is 2. The van der Waals surface area contributed by atoms with Gasteiger partial charge in [-0.3, -0.25) is 9.11 Å². The van der Waals surface area contributed by atoms with Gasteiger partial charge >= 0.3 is 0 Å². The van der Waals surface area contributed by atoms with E-state index in [2.05, 4.69) is 4.90 Å². The van der Waals surface area contributed by atoms with Crippen molar-refractivity contribution in [2.75, 3.05) is 32.1 Å². The predicted molar refractivity (Wildman–Crippen MR) is 139 cm³/mol. The van der Waals surface area contributed by atoms with Crippen molar-refractivity contribution in [3.63, 3.8) is 0 Å². The van der Waals surface area contributed by atoms with Crippen LogP contribution in [0.4, 0.5) is 5.69 Å². The zero-order valence-electron chi connectivity index (χ0n) is 20.3. The molecular formula is C25H27N2O7S2+. The lowest BCUT2D eigenvalue weighted by atomic mass is 9.93. The third-order valence-electron chi connectivity index (χ3n) is 6.13. The number of nitrogens with zero attached hydrogens (tertiary/aromatic N) is 2. The summed E-state index contributed by atoms with van der Waals surface area (Å²) in [6.07, 6.45) is 0. The first-order chi connectivity index (χ1) is 16.8. The Morgan fingerprint density at radius 1 is 0.833 bits per heavy atom. The van der Waals surface area contributed by atoms with Crippen LogP contribution in [0.25, 0.3) is 33.4 Å². The lowest BCUT2D eigenvalue weighted by Crippen LogP contribution is -2.21. The van der Waals surface area contributed by atoms with E-state index >= 15 is 0 Å². The highest BCUT2D eigenvalue weighted by atomic mass is 32.2. The molecule has 0 amide bonds. The molecule has 2 N–H and O–H groups in total. The Balaban J connectivity index is 2.19. The molecule has 0 unspecified atom stereocenters. The fraction of sp³-hybridized carbons (Fsp3) is 0.240. The standard InChI is InChI=1S/C25H26N2O7S2/c1-5-27(6-2)17-8-11-20-23(14-17)34-22-13-16(26(3)4)7-10-19(22)25(20)21-12-9-18(35(28,29)30)15-24(21)36(31,32)33/h7-15H,5-6H2,1-4H3,(H-,28,29,30,31,32,33)/p+1. The number of anilines is 1. The summed E-state index contributed by atoms with van der Waals surface area (Å²) in [5.41, 5.74) is 2.48. The van der Waals surface area contributed by atoms with Gasteiger partial charge in [0.05, 0.1) is 11.0 Å². The Kier molecular flexibility index (Phi) is 6.69. The van der Waals surface area contributed by atoms with Crippen molar-refractivity contribution >= 4 is 36.9 Å². The van der Waals surface area contributed by atoms with Gasteiger partial charge in [0.2, 0.25) is 5.36 Å². The smallest absolute Gasteiger partial charge is 0.295 e. The second kappa shape index (κ2) is 9.32. The maximum atomic E-state index is 12.4. The molecule has 2 aliphatic rings. The van der Waals surface area contributed by atoms with E-state index in [0.717, 1.165) is 36.3 Å². The van der Waals surface area contributed by atoms with Crippen LogP contribution in [0.1, 0.15) is 13.8 Å². The van der Waals surface area contributed by atoms with E-state index in [4.69, 9.17) is 4.42 Å². The van der Waals surface area contributed by atoms with Crippen LogP contribution in [0.5, 0.6) is 0 Å². The maximum Gasteiger partial charge on any atom is 0.295 e. The normalized spacial score (nSPS) is 12.3. The third kappa shape index (κ3) is 4.74. The zero-order chi connectivity index (χ0) is 26.4. The maximum absolute atomic E-state index is 12.4. The van der Waals surface area contributed by atoms with Crippen molar-refractivity contribution in [3.05, 3.63) is 60.0 Å². The van der Waals surface area contributed by atoms with Crippen LogP contribution in [0.2, 0.25) is 0 Å². The number of fused-ring (bicyclic) bond motifs is 2. The summed E-state index contributed by atoms with van der Waals surface area (Å²) in [6, 6.07) is 14.1. The third-order valence-corrected chi connectivity index (χ3v) is 7.88. The summed E-state index contributed by atoms with van der Waals surface area (Å²) in [6.45, 7) is 5.62. The molecule has 0 fully saturated rings. The summed E-state index contributed by atoms with van der Waals surface area (Å²) in [5.74, 6) is 0.473. The molecule has 1 aliphatic heterocycles. The minimum Gasteiger partial charge on any atom is -0.456 e. The molecule has 2 aromatic carbocycles. The first kappa shape index (κ1) is 25.8. The van der Waals surface area contributed by atoms with E-state index < -0.39 is 30.0 Å². The highest BCUT2D eigenvalue weighted by Gasteiger charge is 2.26. The van der Waals surface area contributed by atoms with Gasteiger partial charge in [0.25, 0.3) is 20.2 Å². The Bertz CT molecular complexity index is 1730. The number of benzene rings is 3. The van der Waals surface area contributed by atoms with Gasteiger partial charge in [-0.2, -0.15) is 16.8 Å². The summed E-state index contributed by atoms with van der Waals surface area (Å²) in [5, 5.41) is 1.42. The minimum atomic E-state index is -4.88. The van der Waals surface area contributed by atoms with E-state index in [1.807, 2.05) is 62.9 Å². The molecule has 2 aromatic rings. The monoisotopic (exact) mass is 531 g/mol. The van der Waals surface area contributed by atoms with E-state index in [-0.39, 0.29) is 5.56 Å². The van der Waals surface area contributed by atoms with Gasteiger partial charge in [-0.1, -0.05) is 6.07 Å². The molecule has 9 nitrogen and oxygen atoms in total. The highest BCUT2D eigenvalue weighted by molar-refractivity contribution is 7.86. The summed E-state index contributed by atoms with van der Waals surface area (Å²) in [4.78, 5) is 0.849. The summed E-state index contributed by atoms with van der Waals surface area (Å²) < 4.78 is 75.8. The van der Waals surface area contributed by atoms with Gasteiger partial charge in [-0.05, 0) is 44.2 Å². The van der Waals surface area contributed by atoms with Gasteiger partial charge in [-0.15, -0.1) is 0 Å². The first-order valence-corrected chi connectivity index (χ1v) is 14.1. The molecule has 11 heteroatoms. The van der Waals surface area contributed by atoms with E-state index in [1.54, 1.807) is 6.07 Å². The average molecular weight is 532 g/mol. The fourth-order valence-electron chi connectivity index (χ4n) is 4.30. The van der Waals surface area contributed by atoms with Crippen molar-refractivity contribution in [1.29, 1.82) is 0 Å². The molecule has 36 heavy (non-hydrogen) atoms. The molecule has 0 saturated carbocycles. The lowest BCUT2D eigenvalue weighted by molar-refractivity contribution is 0.481. The SMILES string of the molecule is CCN(CC)c1ccc2c(-c3ccc(S(=O)(=O)O)cc3S(=O)(=O)O)c3ccc(=[N+](C)C)cc-3oc2c1. The van der Waals surface area contributed by atoms with Crippen molar-refractivity contribution in [2.24, 2.45) is 0 Å². The lowest BCUT2D eigenvalue weighted by Gasteiger charge is -2.22. The highest BCUT2D eigenvalue weighted by Crippen LogP contribution is 2.43. The molecule has 1 aliphatic carbocycles. The number of rotatable bonds is 6. The van der Waals surface area contributed by atoms with Crippen LogP contribution in [-0.2, 0) is 20.2 Å². The second-order valence-electron chi connectivity index (χ2n) is 8.51. The van der Waals surface area contributed by atoms with Crippen molar-refractivity contribution in [3.8, 4) is 22.5 Å². The van der Waals surface area contributed by atoms with Gasteiger partial charge in [-0.25, -0.2) is 4.58 Å². The molecule has 0 aromatic heterocycles. The Morgan fingerprint density at radius 3 is 2.08 bits per heavy atom. The second-order valence-corrected chi connectivity index (χ2v) is 11.3. The van der Waals surface area contributed by atoms with Gasteiger partial charge in [0.15, 0.2) is 0 Å². The average Bonchev–Trinajstić information content (AvgIpc) is 2.81. The van der Waals surface area contributed by atoms with E-state index in [9.17, 15) is 25.9 Å². The molecule has 0 spiro atoms. The fourth-order valence-corrected chi connectivity index (χ4v) is 5.61. The summed E-state index contributed by atoms with van der Waals surface area (Å²) in [7, 11) is -5.82. The minimum absolute atomic E-state index is 0.0730. The Morgan fingerprint density at radius 2 is 1.50 bits per heavy atom. The topological polar surface area (TPSA) is 128 Å². The Labute approximate surface area is 209 Å². The van der Waals surface area contributed by atoms with E-state index in [1.165, 1.54) is 6.07 Å². The Hall–Kier alpha value is -3.25. The first-order valence-electron chi connectivity index (χ1n) is 11.2. The molecule has 0 saturated heterocycles. The quantitative estimate of drug-likeness (QED) is 0.220.